The van der Waals surface area contributed by atoms with E-state index in [1.165, 1.54) is 23.3 Å². The molecule has 0 radical (unpaired) electrons. The first-order valence-electron chi connectivity index (χ1n) is 8.93. The monoisotopic (exact) mass is 351 g/mol. The highest BCUT2D eigenvalue weighted by Crippen LogP contribution is 2.21. The minimum absolute atomic E-state index is 0.0696. The Hall–Kier alpha value is -1.56. The van der Waals surface area contributed by atoms with Crippen LogP contribution in [0.25, 0.3) is 0 Å². The molecule has 0 atom stereocenters. The SMILES string of the molecule is CCNC(=NCc1sccc1C)NCCCC(=O)OC1CCCC1. The average Bonchev–Trinajstić information content (AvgIpc) is 3.21. The fourth-order valence-electron chi connectivity index (χ4n) is 2.75. The van der Waals surface area contributed by atoms with Gasteiger partial charge in [-0.3, -0.25) is 4.79 Å². The number of carbonyl (C=O) groups is 1. The minimum Gasteiger partial charge on any atom is -0.462 e. The summed E-state index contributed by atoms with van der Waals surface area (Å²) in [5.41, 5.74) is 1.29. The van der Waals surface area contributed by atoms with E-state index in [1.54, 1.807) is 11.3 Å². The number of hydrogen-bond acceptors (Lipinski definition) is 4. The van der Waals surface area contributed by atoms with Crippen LogP contribution in [0.2, 0.25) is 0 Å². The van der Waals surface area contributed by atoms with Crippen LogP contribution in [0.5, 0.6) is 0 Å². The fourth-order valence-corrected chi connectivity index (χ4v) is 3.58. The zero-order chi connectivity index (χ0) is 17.2. The van der Waals surface area contributed by atoms with Gasteiger partial charge in [-0.05, 0) is 63.0 Å². The van der Waals surface area contributed by atoms with Crippen molar-refractivity contribution in [3.63, 3.8) is 0 Å². The first-order valence-corrected chi connectivity index (χ1v) is 9.81. The number of ether oxygens (including phenoxy) is 1. The molecular weight excluding hydrogens is 322 g/mol. The number of carbonyl (C=O) groups excluding carboxylic acids is 1. The van der Waals surface area contributed by atoms with E-state index in [9.17, 15) is 4.79 Å². The second-order valence-electron chi connectivity index (χ2n) is 6.15. The van der Waals surface area contributed by atoms with Gasteiger partial charge in [0.2, 0.25) is 0 Å². The van der Waals surface area contributed by atoms with E-state index >= 15 is 0 Å². The zero-order valence-corrected chi connectivity index (χ0v) is 15.6. The highest BCUT2D eigenvalue weighted by atomic mass is 32.1. The molecule has 134 valence electrons. The molecule has 5 nitrogen and oxygen atoms in total. The summed E-state index contributed by atoms with van der Waals surface area (Å²) in [7, 11) is 0. The molecule has 1 aliphatic carbocycles. The van der Waals surface area contributed by atoms with E-state index in [0.29, 0.717) is 13.0 Å². The van der Waals surface area contributed by atoms with Crippen LogP contribution < -0.4 is 10.6 Å². The number of guanidine groups is 1. The summed E-state index contributed by atoms with van der Waals surface area (Å²) in [4.78, 5) is 17.7. The lowest BCUT2D eigenvalue weighted by molar-refractivity contribution is -0.148. The molecule has 0 aromatic carbocycles. The van der Waals surface area contributed by atoms with Crippen LogP contribution in [-0.4, -0.2) is 31.1 Å². The van der Waals surface area contributed by atoms with Gasteiger partial charge in [-0.2, -0.15) is 0 Å². The van der Waals surface area contributed by atoms with Gasteiger partial charge in [0.15, 0.2) is 5.96 Å². The first kappa shape index (κ1) is 18.8. The Morgan fingerprint density at radius 2 is 2.17 bits per heavy atom. The maximum absolute atomic E-state index is 11.8. The molecule has 0 spiro atoms. The number of aryl methyl sites for hydroxylation is 1. The number of aliphatic imine (C=N–C) groups is 1. The Balaban J connectivity index is 1.67. The number of hydrogen-bond donors (Lipinski definition) is 2. The molecule has 2 rings (SSSR count). The normalized spacial score (nSPS) is 15.5. The third-order valence-corrected chi connectivity index (χ3v) is 5.15. The summed E-state index contributed by atoms with van der Waals surface area (Å²) < 4.78 is 5.46. The molecule has 1 aromatic heterocycles. The molecule has 2 N–H and O–H groups in total. The molecule has 6 heteroatoms. The van der Waals surface area contributed by atoms with Gasteiger partial charge in [-0.15, -0.1) is 11.3 Å². The summed E-state index contributed by atoms with van der Waals surface area (Å²) in [6, 6.07) is 2.12. The molecule has 1 saturated carbocycles. The third-order valence-electron chi connectivity index (χ3n) is 4.14. The molecule has 1 heterocycles. The minimum atomic E-state index is -0.0696. The lowest BCUT2D eigenvalue weighted by Crippen LogP contribution is -2.37. The Kier molecular flexibility index (Phi) is 8.08. The number of rotatable bonds is 8. The van der Waals surface area contributed by atoms with Crippen molar-refractivity contribution in [1.29, 1.82) is 0 Å². The average molecular weight is 352 g/mol. The summed E-state index contributed by atoms with van der Waals surface area (Å²) in [5, 5.41) is 8.62. The van der Waals surface area contributed by atoms with Crippen molar-refractivity contribution in [1.82, 2.24) is 10.6 Å². The van der Waals surface area contributed by atoms with E-state index in [4.69, 9.17) is 4.74 Å². The zero-order valence-electron chi connectivity index (χ0n) is 14.8. The van der Waals surface area contributed by atoms with E-state index < -0.39 is 0 Å². The van der Waals surface area contributed by atoms with Gasteiger partial charge in [-0.1, -0.05) is 0 Å². The molecule has 0 amide bonds. The quantitative estimate of drug-likeness (QED) is 0.326. The second-order valence-corrected chi connectivity index (χ2v) is 7.15. The number of nitrogens with one attached hydrogen (secondary N) is 2. The van der Waals surface area contributed by atoms with Gasteiger partial charge in [0.05, 0.1) is 6.54 Å². The van der Waals surface area contributed by atoms with Crippen LogP contribution >= 0.6 is 11.3 Å². The molecule has 24 heavy (non-hydrogen) atoms. The predicted octanol–water partition coefficient (Wildman–Crippen LogP) is 3.38. The Bertz CT molecular complexity index is 536. The number of nitrogens with zero attached hydrogens (tertiary/aromatic N) is 1. The van der Waals surface area contributed by atoms with Crippen molar-refractivity contribution >= 4 is 23.3 Å². The van der Waals surface area contributed by atoms with Gasteiger partial charge >= 0.3 is 5.97 Å². The van der Waals surface area contributed by atoms with E-state index in [-0.39, 0.29) is 12.1 Å². The van der Waals surface area contributed by atoms with Gasteiger partial charge in [0.25, 0.3) is 0 Å². The fraction of sp³-hybridized carbons (Fsp3) is 0.667. The predicted molar refractivity (Wildman–Crippen MR) is 99.5 cm³/mol. The van der Waals surface area contributed by atoms with Crippen molar-refractivity contribution in [2.24, 2.45) is 4.99 Å². The van der Waals surface area contributed by atoms with Crippen molar-refractivity contribution in [3.8, 4) is 0 Å². The Labute approximate surface area is 148 Å². The molecule has 1 aromatic rings. The highest BCUT2D eigenvalue weighted by molar-refractivity contribution is 7.10. The van der Waals surface area contributed by atoms with Crippen LogP contribution in [0, 0.1) is 6.92 Å². The molecule has 1 fully saturated rings. The van der Waals surface area contributed by atoms with Crippen LogP contribution in [0.4, 0.5) is 0 Å². The van der Waals surface area contributed by atoms with E-state index in [2.05, 4.69) is 34.0 Å². The lowest BCUT2D eigenvalue weighted by atomic mass is 10.3. The molecule has 0 unspecified atom stereocenters. The molecular formula is C18H29N3O2S. The molecule has 0 bridgehead atoms. The summed E-state index contributed by atoms with van der Waals surface area (Å²) in [5.74, 6) is 0.731. The maximum atomic E-state index is 11.8. The first-order chi connectivity index (χ1) is 11.7. The largest absolute Gasteiger partial charge is 0.462 e. The third kappa shape index (κ3) is 6.51. The molecule has 1 aliphatic rings. The number of esters is 1. The van der Waals surface area contributed by atoms with Crippen LogP contribution in [0.1, 0.15) is 55.9 Å². The summed E-state index contributed by atoms with van der Waals surface area (Å²) in [6.07, 6.45) is 5.82. The Morgan fingerprint density at radius 1 is 1.38 bits per heavy atom. The summed E-state index contributed by atoms with van der Waals surface area (Å²) >= 11 is 1.73. The van der Waals surface area contributed by atoms with Gasteiger partial charge in [-0.25, -0.2) is 4.99 Å². The van der Waals surface area contributed by atoms with Crippen LogP contribution in [0.3, 0.4) is 0 Å². The van der Waals surface area contributed by atoms with Crippen molar-refractivity contribution in [2.45, 2.75) is 65.0 Å². The topological polar surface area (TPSA) is 62.7 Å². The van der Waals surface area contributed by atoms with Crippen LogP contribution in [-0.2, 0) is 16.1 Å². The highest BCUT2D eigenvalue weighted by Gasteiger charge is 2.18. The van der Waals surface area contributed by atoms with Crippen molar-refractivity contribution in [2.75, 3.05) is 13.1 Å². The standard InChI is InChI=1S/C18H29N3O2S/c1-3-19-18(21-13-16-14(2)10-12-24-16)20-11-6-9-17(22)23-15-7-4-5-8-15/h10,12,15H,3-9,11,13H2,1-2H3,(H2,19,20,21). The van der Waals surface area contributed by atoms with E-state index in [0.717, 1.165) is 38.3 Å². The van der Waals surface area contributed by atoms with Gasteiger partial charge in [0.1, 0.15) is 6.10 Å². The maximum Gasteiger partial charge on any atom is 0.306 e. The van der Waals surface area contributed by atoms with Gasteiger partial charge in [0, 0.05) is 24.4 Å². The second kappa shape index (κ2) is 10.3. The Morgan fingerprint density at radius 3 is 2.83 bits per heavy atom. The van der Waals surface area contributed by atoms with E-state index in [1.807, 2.05) is 6.92 Å². The number of thiophene rings is 1. The lowest BCUT2D eigenvalue weighted by Gasteiger charge is -2.13. The molecule has 0 aliphatic heterocycles. The van der Waals surface area contributed by atoms with Crippen molar-refractivity contribution < 1.29 is 9.53 Å². The van der Waals surface area contributed by atoms with Gasteiger partial charge < -0.3 is 15.4 Å². The van der Waals surface area contributed by atoms with Crippen LogP contribution in [0.15, 0.2) is 16.4 Å². The summed E-state index contributed by atoms with van der Waals surface area (Å²) in [6.45, 7) is 6.38. The molecule has 0 saturated heterocycles. The van der Waals surface area contributed by atoms with Crippen molar-refractivity contribution in [3.05, 3.63) is 21.9 Å². The smallest absolute Gasteiger partial charge is 0.306 e.